The van der Waals surface area contributed by atoms with Gasteiger partial charge in [0.05, 0.1) is 0 Å². The highest BCUT2D eigenvalue weighted by atomic mass is 127. The first-order chi connectivity index (χ1) is 9.59. The van der Waals surface area contributed by atoms with Crippen molar-refractivity contribution < 1.29 is 4.79 Å². The van der Waals surface area contributed by atoms with Gasteiger partial charge in [0.2, 0.25) is 0 Å². The number of halogens is 1. The Morgan fingerprint density at radius 1 is 1.20 bits per heavy atom. The molecule has 1 aromatic carbocycles. The SMILES string of the molecule is C[C@]12CC[C@@H]3c4cc(I)ccc4CC[C@H]3[C@@H]1CCC2=O. The van der Waals surface area contributed by atoms with E-state index in [0.29, 0.717) is 11.7 Å². The van der Waals surface area contributed by atoms with Gasteiger partial charge in [-0.3, -0.25) is 4.79 Å². The summed E-state index contributed by atoms with van der Waals surface area (Å²) >= 11 is 2.43. The maximum atomic E-state index is 12.3. The molecule has 4 atom stereocenters. The molecule has 0 saturated heterocycles. The van der Waals surface area contributed by atoms with E-state index in [1.165, 1.54) is 22.8 Å². The van der Waals surface area contributed by atoms with Gasteiger partial charge in [-0.1, -0.05) is 13.0 Å². The minimum atomic E-state index is 0.0145. The third-order valence-electron chi connectivity index (χ3n) is 6.40. The first kappa shape index (κ1) is 13.3. The lowest BCUT2D eigenvalue weighted by Gasteiger charge is -2.48. The number of hydrogen-bond acceptors (Lipinski definition) is 1. The van der Waals surface area contributed by atoms with Gasteiger partial charge in [-0.2, -0.15) is 0 Å². The zero-order valence-corrected chi connectivity index (χ0v) is 14.2. The zero-order valence-electron chi connectivity index (χ0n) is 12.0. The molecule has 1 aromatic rings. The molecule has 0 amide bonds. The number of fused-ring (bicyclic) bond motifs is 5. The third kappa shape index (κ3) is 1.76. The number of Topliss-reactive ketones (excluding diaryl/α,β-unsaturated/α-hetero) is 1. The molecule has 2 heteroatoms. The molecule has 0 radical (unpaired) electrons. The van der Waals surface area contributed by atoms with Crippen LogP contribution in [0.1, 0.15) is 56.1 Å². The molecule has 3 aliphatic rings. The number of benzene rings is 1. The molecule has 0 aliphatic heterocycles. The Kier molecular flexibility index (Phi) is 3.03. The molecule has 0 aromatic heterocycles. The number of aryl methyl sites for hydroxylation is 1. The van der Waals surface area contributed by atoms with E-state index in [1.807, 2.05) is 0 Å². The summed E-state index contributed by atoms with van der Waals surface area (Å²) in [4.78, 5) is 12.3. The quantitative estimate of drug-likeness (QED) is 0.596. The molecule has 1 nitrogen and oxygen atoms in total. The molecule has 106 valence electrons. The molecule has 0 heterocycles. The second-order valence-electron chi connectivity index (χ2n) is 7.18. The van der Waals surface area contributed by atoms with Crippen molar-refractivity contribution in [2.75, 3.05) is 0 Å². The summed E-state index contributed by atoms with van der Waals surface area (Å²) in [7, 11) is 0. The van der Waals surface area contributed by atoms with E-state index < -0.39 is 0 Å². The Labute approximate surface area is 134 Å². The predicted octanol–water partition coefficient (Wildman–Crippen LogP) is 4.72. The van der Waals surface area contributed by atoms with Gasteiger partial charge in [0.15, 0.2) is 0 Å². The van der Waals surface area contributed by atoms with E-state index >= 15 is 0 Å². The average molecular weight is 380 g/mol. The summed E-state index contributed by atoms with van der Waals surface area (Å²) in [6.07, 6.45) is 6.83. The molecule has 2 fully saturated rings. The minimum absolute atomic E-state index is 0.0145. The van der Waals surface area contributed by atoms with Crippen LogP contribution in [0.4, 0.5) is 0 Å². The topological polar surface area (TPSA) is 17.1 Å². The number of carbonyl (C=O) groups is 1. The summed E-state index contributed by atoms with van der Waals surface area (Å²) in [6, 6.07) is 6.98. The molecule has 2 saturated carbocycles. The van der Waals surface area contributed by atoms with Gasteiger partial charge in [-0.05, 0) is 95.7 Å². The van der Waals surface area contributed by atoms with Crippen molar-refractivity contribution >= 4 is 28.4 Å². The maximum absolute atomic E-state index is 12.3. The Balaban J connectivity index is 1.74. The molecule has 3 aliphatic carbocycles. The Hall–Kier alpha value is -0.380. The van der Waals surface area contributed by atoms with Gasteiger partial charge >= 0.3 is 0 Å². The second-order valence-corrected chi connectivity index (χ2v) is 8.42. The molecular weight excluding hydrogens is 359 g/mol. The van der Waals surface area contributed by atoms with Crippen molar-refractivity contribution in [1.29, 1.82) is 0 Å². The lowest BCUT2D eigenvalue weighted by molar-refractivity contribution is -0.129. The predicted molar refractivity (Wildman–Crippen MR) is 88.8 cm³/mol. The van der Waals surface area contributed by atoms with Gasteiger partial charge in [-0.25, -0.2) is 0 Å². The van der Waals surface area contributed by atoms with Crippen LogP contribution in [0.25, 0.3) is 0 Å². The highest BCUT2D eigenvalue weighted by molar-refractivity contribution is 14.1. The molecule has 20 heavy (non-hydrogen) atoms. The number of carbonyl (C=O) groups excluding carboxylic acids is 1. The van der Waals surface area contributed by atoms with Crippen molar-refractivity contribution in [2.24, 2.45) is 17.3 Å². The van der Waals surface area contributed by atoms with Crippen molar-refractivity contribution in [3.63, 3.8) is 0 Å². The van der Waals surface area contributed by atoms with Crippen LogP contribution >= 0.6 is 22.6 Å². The van der Waals surface area contributed by atoms with Crippen LogP contribution in [0.5, 0.6) is 0 Å². The number of rotatable bonds is 0. The van der Waals surface area contributed by atoms with Crippen LogP contribution in [0.2, 0.25) is 0 Å². The molecule has 0 spiro atoms. The summed E-state index contributed by atoms with van der Waals surface area (Å²) in [5.41, 5.74) is 3.19. The van der Waals surface area contributed by atoms with Crippen molar-refractivity contribution in [2.45, 2.75) is 51.4 Å². The minimum Gasteiger partial charge on any atom is -0.299 e. The summed E-state index contributed by atoms with van der Waals surface area (Å²) < 4.78 is 1.36. The second kappa shape index (κ2) is 4.56. The lowest BCUT2D eigenvalue weighted by atomic mass is 9.55. The van der Waals surface area contributed by atoms with Crippen molar-refractivity contribution in [3.05, 3.63) is 32.9 Å². The molecule has 0 bridgehead atoms. The van der Waals surface area contributed by atoms with Gasteiger partial charge in [0, 0.05) is 15.4 Å². The first-order valence-electron chi connectivity index (χ1n) is 7.91. The molecule has 0 N–H and O–H groups in total. The summed E-state index contributed by atoms with van der Waals surface area (Å²) in [6.45, 7) is 2.26. The highest BCUT2D eigenvalue weighted by Gasteiger charge is 2.54. The lowest BCUT2D eigenvalue weighted by Crippen LogP contribution is -2.42. The van der Waals surface area contributed by atoms with Crippen LogP contribution in [-0.2, 0) is 11.2 Å². The maximum Gasteiger partial charge on any atom is 0.139 e. The Morgan fingerprint density at radius 3 is 2.90 bits per heavy atom. The van der Waals surface area contributed by atoms with Gasteiger partial charge in [0.1, 0.15) is 5.78 Å². The van der Waals surface area contributed by atoms with E-state index in [9.17, 15) is 4.79 Å². The van der Waals surface area contributed by atoms with E-state index in [-0.39, 0.29) is 5.41 Å². The molecule has 0 unspecified atom stereocenters. The Bertz CT molecular complexity index is 579. The third-order valence-corrected chi connectivity index (χ3v) is 7.07. The fraction of sp³-hybridized carbons (Fsp3) is 0.611. The van der Waals surface area contributed by atoms with Crippen molar-refractivity contribution in [3.8, 4) is 0 Å². The van der Waals surface area contributed by atoms with Crippen LogP contribution in [0.3, 0.4) is 0 Å². The fourth-order valence-corrected chi connectivity index (χ4v) is 5.82. The largest absolute Gasteiger partial charge is 0.299 e. The van der Waals surface area contributed by atoms with E-state index in [1.54, 1.807) is 11.1 Å². The van der Waals surface area contributed by atoms with E-state index in [4.69, 9.17) is 0 Å². The highest BCUT2D eigenvalue weighted by Crippen LogP contribution is 2.59. The van der Waals surface area contributed by atoms with Crippen LogP contribution in [0.15, 0.2) is 18.2 Å². The monoisotopic (exact) mass is 380 g/mol. The smallest absolute Gasteiger partial charge is 0.139 e. The van der Waals surface area contributed by atoms with E-state index in [2.05, 4.69) is 47.7 Å². The van der Waals surface area contributed by atoms with Crippen LogP contribution in [0, 0.1) is 20.8 Å². The van der Waals surface area contributed by atoms with Crippen molar-refractivity contribution in [1.82, 2.24) is 0 Å². The molecule has 4 rings (SSSR count). The standard InChI is InChI=1S/C18H21IO/c1-18-9-8-13-14(16(18)6-7-17(18)20)5-3-11-2-4-12(19)10-15(11)13/h2,4,10,13-14,16H,3,5-9H2,1H3/t13-,14+,16-,18-/m0/s1. The summed E-state index contributed by atoms with van der Waals surface area (Å²) in [5.74, 6) is 2.68. The fourth-order valence-electron chi connectivity index (χ4n) is 5.31. The normalized spacial score (nSPS) is 39.1. The van der Waals surface area contributed by atoms with Crippen LogP contribution < -0.4 is 0 Å². The Morgan fingerprint density at radius 2 is 2.05 bits per heavy atom. The van der Waals surface area contributed by atoms with E-state index in [0.717, 1.165) is 31.1 Å². The van der Waals surface area contributed by atoms with Gasteiger partial charge < -0.3 is 0 Å². The first-order valence-corrected chi connectivity index (χ1v) is 8.99. The van der Waals surface area contributed by atoms with Gasteiger partial charge in [-0.15, -0.1) is 0 Å². The average Bonchev–Trinajstić information content (AvgIpc) is 2.74. The summed E-state index contributed by atoms with van der Waals surface area (Å²) in [5, 5.41) is 0. The molecular formula is C18H21IO. The zero-order chi connectivity index (χ0) is 13.9. The van der Waals surface area contributed by atoms with Gasteiger partial charge in [0.25, 0.3) is 0 Å². The number of ketones is 1. The van der Waals surface area contributed by atoms with Crippen LogP contribution in [-0.4, -0.2) is 5.78 Å². The number of hydrogen-bond donors (Lipinski definition) is 0.